The van der Waals surface area contributed by atoms with Crippen LogP contribution in [0.15, 0.2) is 53.4 Å². The Labute approximate surface area is 189 Å². The van der Waals surface area contributed by atoms with E-state index in [-0.39, 0.29) is 27.8 Å². The number of hydrogen-bond donors (Lipinski definition) is 4. The molecule has 0 radical (unpaired) electrons. The molecule has 0 aromatic heterocycles. The van der Waals surface area contributed by atoms with E-state index in [1.807, 2.05) is 6.92 Å². The normalized spacial score (nSPS) is 25.6. The molecule has 1 aliphatic carbocycles. The number of para-hydroxylation sites is 1. The highest BCUT2D eigenvalue weighted by Gasteiger charge is 2.61. The Balaban J connectivity index is 0.000000189. The van der Waals surface area contributed by atoms with Crippen LogP contribution in [0.1, 0.15) is 49.7 Å². The molecule has 1 saturated carbocycles. The van der Waals surface area contributed by atoms with Crippen LogP contribution in [0.3, 0.4) is 0 Å². The van der Waals surface area contributed by atoms with Gasteiger partial charge < -0.3 is 11.1 Å². The van der Waals surface area contributed by atoms with Gasteiger partial charge in [-0.25, -0.2) is 0 Å². The Hall–Kier alpha value is -2.42. The monoisotopic (exact) mass is 457 g/mol. The van der Waals surface area contributed by atoms with Gasteiger partial charge in [0, 0.05) is 23.2 Å². The standard InChI is InChI=1S/C17H23N3O.C7H8O3S/c18-15(21)14-10-16(17(20-14)8-4-1-5-9-17)11-19-13-7-3-2-6-12(13)16;1-6-2-4-7(5-3-6)11(8,9)10/h2-3,6-7,14,19-20H,1,4-5,8-11H2,(H2,18,21);2-5H,1H3,(H,8,9,10). The molecule has 7 nitrogen and oxygen atoms in total. The van der Waals surface area contributed by atoms with Gasteiger partial charge in [0.1, 0.15) is 0 Å². The zero-order valence-electron chi connectivity index (χ0n) is 18.3. The van der Waals surface area contributed by atoms with E-state index in [4.69, 9.17) is 10.3 Å². The number of aryl methyl sites for hydroxylation is 1. The summed E-state index contributed by atoms with van der Waals surface area (Å²) in [6.45, 7) is 2.76. The minimum absolute atomic E-state index is 0.0176. The van der Waals surface area contributed by atoms with Crippen LogP contribution in [0.25, 0.3) is 0 Å². The molecular formula is C24H31N3O4S. The Morgan fingerprint density at radius 1 is 1.06 bits per heavy atom. The van der Waals surface area contributed by atoms with Crippen LogP contribution >= 0.6 is 0 Å². The van der Waals surface area contributed by atoms with Gasteiger partial charge in [-0.2, -0.15) is 8.42 Å². The van der Waals surface area contributed by atoms with E-state index in [2.05, 4.69) is 34.9 Å². The lowest BCUT2D eigenvalue weighted by molar-refractivity contribution is -0.119. The smallest absolute Gasteiger partial charge is 0.294 e. The van der Waals surface area contributed by atoms with Gasteiger partial charge >= 0.3 is 0 Å². The third-order valence-corrected chi connectivity index (χ3v) is 8.18. The number of amides is 1. The summed E-state index contributed by atoms with van der Waals surface area (Å²) in [4.78, 5) is 11.8. The summed E-state index contributed by atoms with van der Waals surface area (Å²) >= 11 is 0. The van der Waals surface area contributed by atoms with Crippen molar-refractivity contribution in [3.05, 3.63) is 59.7 Å². The van der Waals surface area contributed by atoms with E-state index >= 15 is 0 Å². The Bertz CT molecular complexity index is 1090. The van der Waals surface area contributed by atoms with Crippen LogP contribution in [-0.4, -0.2) is 37.0 Å². The number of rotatable bonds is 2. The van der Waals surface area contributed by atoms with Crippen LogP contribution in [0.4, 0.5) is 5.69 Å². The average molecular weight is 458 g/mol. The maximum atomic E-state index is 11.8. The summed E-state index contributed by atoms with van der Waals surface area (Å²) in [5.74, 6) is -0.207. The minimum atomic E-state index is -4.02. The first-order valence-electron chi connectivity index (χ1n) is 11.1. The topological polar surface area (TPSA) is 122 Å². The molecule has 2 heterocycles. The van der Waals surface area contributed by atoms with Crippen molar-refractivity contribution in [2.45, 2.75) is 67.3 Å². The zero-order chi connectivity index (χ0) is 23.0. The van der Waals surface area contributed by atoms with Gasteiger partial charge in [-0.3, -0.25) is 14.7 Å². The van der Waals surface area contributed by atoms with Crippen LogP contribution in [0.2, 0.25) is 0 Å². The first-order valence-corrected chi connectivity index (χ1v) is 12.6. The summed E-state index contributed by atoms with van der Waals surface area (Å²) in [5.41, 5.74) is 9.25. The molecule has 2 aromatic carbocycles. The first kappa shape index (κ1) is 22.8. The van der Waals surface area contributed by atoms with Crippen LogP contribution in [0, 0.1) is 6.92 Å². The maximum Gasteiger partial charge on any atom is 0.294 e. The number of primary amides is 1. The Morgan fingerprint density at radius 3 is 2.34 bits per heavy atom. The highest BCUT2D eigenvalue weighted by Crippen LogP contribution is 2.55. The molecule has 2 spiro atoms. The molecule has 2 aliphatic heterocycles. The molecule has 8 heteroatoms. The largest absolute Gasteiger partial charge is 0.384 e. The number of carbonyl (C=O) groups is 1. The van der Waals surface area contributed by atoms with Crippen molar-refractivity contribution in [1.29, 1.82) is 0 Å². The zero-order valence-corrected chi connectivity index (χ0v) is 19.1. The molecule has 1 amide bonds. The molecule has 5 N–H and O–H groups in total. The molecule has 0 bridgehead atoms. The van der Waals surface area contributed by atoms with Gasteiger partial charge in [0.2, 0.25) is 5.91 Å². The summed E-state index contributed by atoms with van der Waals surface area (Å²) in [7, 11) is -4.02. The summed E-state index contributed by atoms with van der Waals surface area (Å²) < 4.78 is 29.6. The summed E-state index contributed by atoms with van der Waals surface area (Å²) in [6.07, 6.45) is 6.90. The highest BCUT2D eigenvalue weighted by atomic mass is 32.2. The number of hydrogen-bond acceptors (Lipinski definition) is 5. The molecule has 2 aromatic rings. The quantitative estimate of drug-likeness (QED) is 0.514. The van der Waals surface area contributed by atoms with Gasteiger partial charge in [0.15, 0.2) is 0 Å². The Kier molecular flexibility index (Phi) is 6.04. The molecule has 2 atom stereocenters. The SMILES string of the molecule is Cc1ccc(S(=O)(=O)O)cc1.NC(=O)C1CC2(CNc3ccccc32)C2(CCCCC2)N1. The van der Waals surface area contributed by atoms with E-state index in [0.29, 0.717) is 0 Å². The predicted molar refractivity (Wildman–Crippen MR) is 124 cm³/mol. The van der Waals surface area contributed by atoms with Gasteiger partial charge in [-0.1, -0.05) is 55.2 Å². The fourth-order valence-corrected chi connectivity index (χ4v) is 6.21. The van der Waals surface area contributed by atoms with Crippen LogP contribution in [-0.2, 0) is 20.3 Å². The molecule has 3 aliphatic rings. The van der Waals surface area contributed by atoms with E-state index in [1.165, 1.54) is 42.6 Å². The third kappa shape index (κ3) is 4.02. The van der Waals surface area contributed by atoms with Crippen LogP contribution < -0.4 is 16.4 Å². The number of fused-ring (bicyclic) bond motifs is 3. The number of nitrogens with one attached hydrogen (secondary N) is 2. The molecule has 32 heavy (non-hydrogen) atoms. The van der Waals surface area contributed by atoms with Crippen molar-refractivity contribution >= 4 is 21.7 Å². The van der Waals surface area contributed by atoms with Crippen molar-refractivity contribution in [2.24, 2.45) is 5.73 Å². The lowest BCUT2D eigenvalue weighted by Crippen LogP contribution is -2.57. The minimum Gasteiger partial charge on any atom is -0.384 e. The van der Waals surface area contributed by atoms with E-state index < -0.39 is 10.1 Å². The number of carbonyl (C=O) groups excluding carboxylic acids is 1. The molecular weight excluding hydrogens is 426 g/mol. The highest BCUT2D eigenvalue weighted by molar-refractivity contribution is 7.85. The van der Waals surface area contributed by atoms with Crippen molar-refractivity contribution in [1.82, 2.24) is 5.32 Å². The van der Waals surface area contributed by atoms with Crippen molar-refractivity contribution in [3.63, 3.8) is 0 Å². The molecule has 2 fully saturated rings. The molecule has 2 unspecified atom stereocenters. The number of benzene rings is 2. The van der Waals surface area contributed by atoms with Crippen LogP contribution in [0.5, 0.6) is 0 Å². The van der Waals surface area contributed by atoms with Gasteiger partial charge in [-0.15, -0.1) is 0 Å². The number of nitrogens with two attached hydrogens (primary N) is 1. The van der Waals surface area contributed by atoms with E-state index in [9.17, 15) is 13.2 Å². The summed E-state index contributed by atoms with van der Waals surface area (Å²) in [6, 6.07) is 14.4. The second kappa shape index (κ2) is 8.50. The number of anilines is 1. The van der Waals surface area contributed by atoms with E-state index in [0.717, 1.165) is 31.4 Å². The Morgan fingerprint density at radius 2 is 1.72 bits per heavy atom. The lowest BCUT2D eigenvalue weighted by atomic mass is 9.61. The second-order valence-electron chi connectivity index (χ2n) is 9.22. The van der Waals surface area contributed by atoms with Gasteiger partial charge in [0.05, 0.1) is 10.9 Å². The fraction of sp³-hybridized carbons (Fsp3) is 0.458. The van der Waals surface area contributed by atoms with E-state index in [1.54, 1.807) is 12.1 Å². The third-order valence-electron chi connectivity index (χ3n) is 7.31. The molecule has 1 saturated heterocycles. The average Bonchev–Trinajstić information content (AvgIpc) is 3.29. The molecule has 5 rings (SSSR count). The van der Waals surface area contributed by atoms with Gasteiger partial charge in [0.25, 0.3) is 10.1 Å². The fourth-order valence-electron chi connectivity index (χ4n) is 5.73. The lowest BCUT2D eigenvalue weighted by Gasteiger charge is -2.46. The second-order valence-corrected chi connectivity index (χ2v) is 10.6. The maximum absolute atomic E-state index is 11.8. The van der Waals surface area contributed by atoms with Crippen molar-refractivity contribution in [3.8, 4) is 0 Å². The first-order chi connectivity index (χ1) is 15.2. The van der Waals surface area contributed by atoms with Gasteiger partial charge in [-0.05, 0) is 49.9 Å². The van der Waals surface area contributed by atoms with Crippen molar-refractivity contribution in [2.75, 3.05) is 11.9 Å². The van der Waals surface area contributed by atoms with Crippen molar-refractivity contribution < 1.29 is 17.8 Å². The summed E-state index contributed by atoms with van der Waals surface area (Å²) in [5, 5.41) is 7.24. The molecule has 172 valence electrons. The predicted octanol–water partition coefficient (Wildman–Crippen LogP) is 3.14.